The van der Waals surface area contributed by atoms with Gasteiger partial charge in [0.1, 0.15) is 5.82 Å². The Kier molecular flexibility index (Phi) is 3.50. The average Bonchev–Trinajstić information content (AvgIpc) is 2.33. The van der Waals surface area contributed by atoms with E-state index in [1.807, 2.05) is 6.20 Å². The van der Waals surface area contributed by atoms with Crippen molar-refractivity contribution < 1.29 is 0 Å². The number of hydrogen-bond acceptors (Lipinski definition) is 4. The second-order valence-electron chi connectivity index (χ2n) is 3.85. The Morgan fingerprint density at radius 2 is 2.47 bits per heavy atom. The van der Waals surface area contributed by atoms with Crippen molar-refractivity contribution in [1.29, 1.82) is 0 Å². The minimum Gasteiger partial charge on any atom is -0.351 e. The lowest BCUT2D eigenvalue weighted by atomic mass is 10.1. The molecule has 1 unspecified atom stereocenters. The molecule has 15 heavy (non-hydrogen) atoms. The summed E-state index contributed by atoms with van der Waals surface area (Å²) in [5, 5.41) is 3.43. The molecule has 0 amide bonds. The summed E-state index contributed by atoms with van der Waals surface area (Å²) >= 11 is 0. The molecule has 0 aromatic carbocycles. The minimum absolute atomic E-state index is 0.570. The van der Waals surface area contributed by atoms with E-state index in [4.69, 9.17) is 0 Å². The van der Waals surface area contributed by atoms with E-state index in [1.54, 1.807) is 12.4 Å². The Bertz CT molecular complexity index is 282. The molecule has 0 bridgehead atoms. The van der Waals surface area contributed by atoms with Gasteiger partial charge in [0, 0.05) is 31.5 Å². The molecule has 1 aromatic rings. The predicted molar refractivity (Wildman–Crippen MR) is 60.9 cm³/mol. The number of anilines is 1. The van der Waals surface area contributed by atoms with Gasteiger partial charge in [-0.05, 0) is 26.3 Å². The first-order valence-corrected chi connectivity index (χ1v) is 5.65. The number of nitrogens with zero attached hydrogens (tertiary/aromatic N) is 3. The Labute approximate surface area is 90.7 Å². The molecule has 1 aromatic heterocycles. The van der Waals surface area contributed by atoms with Crippen LogP contribution in [-0.4, -0.2) is 35.6 Å². The molecule has 2 rings (SSSR count). The van der Waals surface area contributed by atoms with Crippen LogP contribution < -0.4 is 10.2 Å². The zero-order valence-electron chi connectivity index (χ0n) is 9.19. The summed E-state index contributed by atoms with van der Waals surface area (Å²) in [5.41, 5.74) is 0. The third-order valence-electron chi connectivity index (χ3n) is 2.90. The zero-order chi connectivity index (χ0) is 10.5. The van der Waals surface area contributed by atoms with Crippen LogP contribution in [0.2, 0.25) is 0 Å². The fraction of sp³-hybridized carbons (Fsp3) is 0.636. The highest BCUT2D eigenvalue weighted by atomic mass is 15.2. The Balaban J connectivity index is 2.09. The molecular weight excluding hydrogens is 188 g/mol. The van der Waals surface area contributed by atoms with E-state index in [2.05, 4.69) is 27.1 Å². The smallest absolute Gasteiger partial charge is 0.147 e. The summed E-state index contributed by atoms with van der Waals surface area (Å²) in [6.07, 6.45) is 7.82. The van der Waals surface area contributed by atoms with Crippen LogP contribution in [0.1, 0.15) is 19.8 Å². The van der Waals surface area contributed by atoms with Crippen LogP contribution in [0.5, 0.6) is 0 Å². The molecule has 1 saturated heterocycles. The van der Waals surface area contributed by atoms with E-state index in [-0.39, 0.29) is 0 Å². The van der Waals surface area contributed by atoms with Gasteiger partial charge in [-0.3, -0.25) is 4.98 Å². The first kappa shape index (κ1) is 10.4. The lowest BCUT2D eigenvalue weighted by Crippen LogP contribution is -2.46. The molecule has 0 radical (unpaired) electrons. The topological polar surface area (TPSA) is 41.1 Å². The molecular formula is C11H18N4. The highest BCUT2D eigenvalue weighted by Crippen LogP contribution is 2.16. The largest absolute Gasteiger partial charge is 0.351 e. The van der Waals surface area contributed by atoms with Gasteiger partial charge in [0.2, 0.25) is 0 Å². The molecule has 4 nitrogen and oxygen atoms in total. The van der Waals surface area contributed by atoms with Crippen molar-refractivity contribution in [2.24, 2.45) is 0 Å². The molecule has 0 saturated carbocycles. The van der Waals surface area contributed by atoms with E-state index < -0.39 is 0 Å². The average molecular weight is 206 g/mol. The fourth-order valence-electron chi connectivity index (χ4n) is 2.15. The van der Waals surface area contributed by atoms with E-state index >= 15 is 0 Å². The molecule has 0 aliphatic carbocycles. The van der Waals surface area contributed by atoms with Crippen molar-refractivity contribution in [3.63, 3.8) is 0 Å². The summed E-state index contributed by atoms with van der Waals surface area (Å²) in [5.74, 6) is 0.994. The molecule has 1 aliphatic rings. The Morgan fingerprint density at radius 1 is 1.53 bits per heavy atom. The number of rotatable bonds is 3. The quantitative estimate of drug-likeness (QED) is 0.802. The predicted octanol–water partition coefficient (Wildman–Crippen LogP) is 1.05. The maximum atomic E-state index is 4.36. The summed E-state index contributed by atoms with van der Waals surface area (Å²) in [7, 11) is 0. The van der Waals surface area contributed by atoms with Gasteiger partial charge in [-0.2, -0.15) is 0 Å². The summed E-state index contributed by atoms with van der Waals surface area (Å²) in [6, 6.07) is 0.570. The second-order valence-corrected chi connectivity index (χ2v) is 3.85. The first-order valence-electron chi connectivity index (χ1n) is 5.65. The van der Waals surface area contributed by atoms with E-state index in [0.29, 0.717) is 6.04 Å². The van der Waals surface area contributed by atoms with Gasteiger partial charge < -0.3 is 10.2 Å². The maximum Gasteiger partial charge on any atom is 0.147 e. The van der Waals surface area contributed by atoms with E-state index in [1.165, 1.54) is 12.8 Å². The molecule has 1 N–H and O–H groups in total. The van der Waals surface area contributed by atoms with Crippen LogP contribution >= 0.6 is 0 Å². The fourth-order valence-corrected chi connectivity index (χ4v) is 2.15. The SMILES string of the molecule is CCN(c1cnccn1)C1CCCNC1. The van der Waals surface area contributed by atoms with Crippen molar-refractivity contribution in [1.82, 2.24) is 15.3 Å². The van der Waals surface area contributed by atoms with Crippen molar-refractivity contribution in [2.45, 2.75) is 25.8 Å². The van der Waals surface area contributed by atoms with Gasteiger partial charge in [-0.15, -0.1) is 0 Å². The molecule has 1 fully saturated rings. The van der Waals surface area contributed by atoms with Gasteiger partial charge in [-0.1, -0.05) is 0 Å². The lowest BCUT2D eigenvalue weighted by Gasteiger charge is -2.34. The summed E-state index contributed by atoms with van der Waals surface area (Å²) in [6.45, 7) is 5.37. The highest BCUT2D eigenvalue weighted by Gasteiger charge is 2.20. The van der Waals surface area contributed by atoms with E-state index in [9.17, 15) is 0 Å². The molecule has 1 aliphatic heterocycles. The van der Waals surface area contributed by atoms with Crippen molar-refractivity contribution in [2.75, 3.05) is 24.5 Å². The normalized spacial score (nSPS) is 21.3. The second kappa shape index (κ2) is 5.07. The van der Waals surface area contributed by atoms with Crippen LogP contribution in [0.4, 0.5) is 5.82 Å². The van der Waals surface area contributed by atoms with Gasteiger partial charge in [0.25, 0.3) is 0 Å². The van der Waals surface area contributed by atoms with Gasteiger partial charge >= 0.3 is 0 Å². The zero-order valence-corrected chi connectivity index (χ0v) is 9.19. The molecule has 0 spiro atoms. The number of likely N-dealkylation sites (N-methyl/N-ethyl adjacent to an activating group) is 1. The third-order valence-corrected chi connectivity index (χ3v) is 2.90. The van der Waals surface area contributed by atoms with Crippen molar-refractivity contribution in [3.05, 3.63) is 18.6 Å². The van der Waals surface area contributed by atoms with Crippen molar-refractivity contribution in [3.8, 4) is 0 Å². The van der Waals surface area contributed by atoms with Crippen LogP contribution in [0.15, 0.2) is 18.6 Å². The van der Waals surface area contributed by atoms with Gasteiger partial charge in [0.15, 0.2) is 0 Å². The number of nitrogens with one attached hydrogen (secondary N) is 1. The van der Waals surface area contributed by atoms with Crippen LogP contribution in [0.25, 0.3) is 0 Å². The molecule has 82 valence electrons. The Hall–Kier alpha value is -1.16. The highest BCUT2D eigenvalue weighted by molar-refractivity contribution is 5.36. The monoisotopic (exact) mass is 206 g/mol. The number of piperidine rings is 1. The van der Waals surface area contributed by atoms with E-state index in [0.717, 1.165) is 25.5 Å². The third kappa shape index (κ3) is 2.45. The molecule has 1 atom stereocenters. The van der Waals surface area contributed by atoms with Gasteiger partial charge in [-0.25, -0.2) is 4.98 Å². The standard InChI is InChI=1S/C11H18N4/c1-2-15(10-4-3-5-12-8-10)11-9-13-6-7-14-11/h6-7,9-10,12H,2-5,8H2,1H3. The lowest BCUT2D eigenvalue weighted by molar-refractivity contribution is 0.433. The molecule has 2 heterocycles. The first-order chi connectivity index (χ1) is 7.42. The van der Waals surface area contributed by atoms with Crippen molar-refractivity contribution >= 4 is 5.82 Å². The number of hydrogen-bond donors (Lipinski definition) is 1. The summed E-state index contributed by atoms with van der Waals surface area (Å²) < 4.78 is 0. The van der Waals surface area contributed by atoms with Crippen LogP contribution in [0, 0.1) is 0 Å². The molecule has 4 heteroatoms. The minimum atomic E-state index is 0.570. The number of aromatic nitrogens is 2. The summed E-state index contributed by atoms with van der Waals surface area (Å²) in [4.78, 5) is 10.8. The maximum absolute atomic E-state index is 4.36. The van der Waals surface area contributed by atoms with Crippen LogP contribution in [-0.2, 0) is 0 Å². The van der Waals surface area contributed by atoms with Gasteiger partial charge in [0.05, 0.1) is 6.20 Å². The van der Waals surface area contributed by atoms with Crippen LogP contribution in [0.3, 0.4) is 0 Å². The Morgan fingerprint density at radius 3 is 3.07 bits per heavy atom.